The highest BCUT2D eigenvalue weighted by Crippen LogP contribution is 2.08. The van der Waals surface area contributed by atoms with Gasteiger partial charge in [0, 0.05) is 19.5 Å². The summed E-state index contributed by atoms with van der Waals surface area (Å²) < 4.78 is 0. The van der Waals surface area contributed by atoms with Gasteiger partial charge in [-0.25, -0.2) is 0 Å². The van der Waals surface area contributed by atoms with E-state index in [-0.39, 0.29) is 11.4 Å². The summed E-state index contributed by atoms with van der Waals surface area (Å²) in [5.41, 5.74) is 0. The van der Waals surface area contributed by atoms with Crippen molar-refractivity contribution in [2.45, 2.75) is 12.8 Å². The van der Waals surface area contributed by atoms with Gasteiger partial charge in [-0.05, 0) is 0 Å². The maximum atomic E-state index is 10.2. The van der Waals surface area contributed by atoms with E-state index in [2.05, 4.69) is 5.32 Å². The summed E-state index contributed by atoms with van der Waals surface area (Å²) >= 11 is 0. The lowest BCUT2D eigenvalue weighted by atomic mass is 10.4. The number of hydroxylamine groups is 3. The van der Waals surface area contributed by atoms with Crippen LogP contribution in [0.25, 0.3) is 0 Å². The largest absolute Gasteiger partial charge is 0.481 e. The zero-order valence-electron chi connectivity index (χ0n) is 10.1. The normalized spacial score (nSPS) is 11.7. The zero-order chi connectivity index (χ0) is 12.4. The van der Waals surface area contributed by atoms with Gasteiger partial charge in [0.25, 0.3) is 0 Å². The average molecular weight is 237 g/mol. The molecule has 0 aromatic rings. The van der Waals surface area contributed by atoms with E-state index >= 15 is 0 Å². The van der Waals surface area contributed by atoms with Crippen molar-refractivity contribution < 1.29 is 29.4 Å². The standard InChI is InChI=1S/C9H20N2O5/c1-14-11(15-2,16-3)8-4-6-10-7-5-9(12)13/h10H,4-8H2,1-3H3/p+1. The lowest BCUT2D eigenvalue weighted by Gasteiger charge is -2.24. The number of nitrogens with one attached hydrogen (secondary N) is 1. The van der Waals surface area contributed by atoms with Gasteiger partial charge in [0.1, 0.15) is 21.3 Å². The fraction of sp³-hybridized carbons (Fsp3) is 0.889. The predicted octanol–water partition coefficient (Wildman–Crippen LogP) is -0.0582. The van der Waals surface area contributed by atoms with Crippen molar-refractivity contribution in [3.05, 3.63) is 0 Å². The Morgan fingerprint density at radius 3 is 2.19 bits per heavy atom. The highest BCUT2D eigenvalue weighted by atomic mass is 17.2. The number of hydrogen-bond donors (Lipinski definition) is 2. The van der Waals surface area contributed by atoms with Crippen LogP contribution >= 0.6 is 0 Å². The minimum atomic E-state index is -0.802. The summed E-state index contributed by atoms with van der Waals surface area (Å²) in [5.74, 6) is -0.802. The summed E-state index contributed by atoms with van der Waals surface area (Å²) in [5, 5.41) is 11.4. The van der Waals surface area contributed by atoms with Crippen molar-refractivity contribution in [3.8, 4) is 0 Å². The van der Waals surface area contributed by atoms with Crippen molar-refractivity contribution in [3.63, 3.8) is 0 Å². The molecule has 0 saturated heterocycles. The lowest BCUT2D eigenvalue weighted by Crippen LogP contribution is -2.46. The molecule has 2 N–H and O–H groups in total. The molecule has 0 unspecified atom stereocenters. The fourth-order valence-electron chi connectivity index (χ4n) is 1.22. The van der Waals surface area contributed by atoms with E-state index in [1.165, 1.54) is 21.3 Å². The van der Waals surface area contributed by atoms with Gasteiger partial charge < -0.3 is 10.4 Å². The minimum absolute atomic E-state index is 0.124. The van der Waals surface area contributed by atoms with E-state index in [9.17, 15) is 4.79 Å². The average Bonchev–Trinajstić information content (AvgIpc) is 2.29. The molecule has 0 heterocycles. The Kier molecular flexibility index (Phi) is 8.04. The van der Waals surface area contributed by atoms with Gasteiger partial charge in [0.2, 0.25) is 0 Å². The van der Waals surface area contributed by atoms with E-state index in [1.54, 1.807) is 0 Å². The summed E-state index contributed by atoms with van der Waals surface area (Å²) in [7, 11) is 4.47. The Morgan fingerprint density at radius 1 is 1.19 bits per heavy atom. The quantitative estimate of drug-likeness (QED) is 0.315. The van der Waals surface area contributed by atoms with Gasteiger partial charge in [0.15, 0.2) is 6.54 Å². The summed E-state index contributed by atoms with van der Waals surface area (Å²) in [6.07, 6.45) is 0.869. The van der Waals surface area contributed by atoms with E-state index in [1.807, 2.05) is 0 Å². The second-order valence-electron chi connectivity index (χ2n) is 3.13. The molecule has 0 saturated carbocycles. The first-order valence-corrected chi connectivity index (χ1v) is 5.08. The van der Waals surface area contributed by atoms with Crippen LogP contribution in [-0.2, 0) is 19.3 Å². The Balaban J connectivity index is 3.59. The second-order valence-corrected chi connectivity index (χ2v) is 3.13. The third-order valence-corrected chi connectivity index (χ3v) is 2.14. The smallest absolute Gasteiger partial charge is 0.304 e. The maximum absolute atomic E-state index is 10.2. The molecular formula is C9H21N2O5+. The van der Waals surface area contributed by atoms with E-state index in [0.29, 0.717) is 19.6 Å². The number of rotatable bonds is 10. The van der Waals surface area contributed by atoms with Crippen LogP contribution in [0.3, 0.4) is 0 Å². The van der Waals surface area contributed by atoms with Crippen LogP contribution in [0.5, 0.6) is 0 Å². The third kappa shape index (κ3) is 5.99. The molecule has 16 heavy (non-hydrogen) atoms. The molecule has 0 aliphatic heterocycles. The van der Waals surface area contributed by atoms with Crippen molar-refractivity contribution in [1.29, 1.82) is 0 Å². The summed E-state index contributed by atoms with van der Waals surface area (Å²) in [4.78, 5) is 25.1. The van der Waals surface area contributed by atoms with Crippen LogP contribution in [0.15, 0.2) is 0 Å². The number of carboxylic acids is 1. The van der Waals surface area contributed by atoms with Crippen LogP contribution in [0.1, 0.15) is 12.8 Å². The molecule has 0 aliphatic carbocycles. The number of nitrogens with zero attached hydrogens (tertiary/aromatic N) is 1. The Morgan fingerprint density at radius 2 is 1.75 bits per heavy atom. The Hall–Kier alpha value is -0.730. The first kappa shape index (κ1) is 15.3. The van der Waals surface area contributed by atoms with Crippen LogP contribution in [0, 0.1) is 0 Å². The molecule has 7 nitrogen and oxygen atoms in total. The highest BCUT2D eigenvalue weighted by Gasteiger charge is 2.29. The highest BCUT2D eigenvalue weighted by molar-refractivity contribution is 5.66. The molecule has 0 aromatic heterocycles. The van der Waals surface area contributed by atoms with Gasteiger partial charge >= 0.3 is 5.97 Å². The third-order valence-electron chi connectivity index (χ3n) is 2.14. The predicted molar refractivity (Wildman–Crippen MR) is 55.9 cm³/mol. The lowest BCUT2D eigenvalue weighted by molar-refractivity contribution is -1.36. The minimum Gasteiger partial charge on any atom is -0.481 e. The first-order chi connectivity index (χ1) is 7.60. The molecule has 0 fully saturated rings. The van der Waals surface area contributed by atoms with Gasteiger partial charge in [-0.3, -0.25) is 4.79 Å². The molecule has 7 heteroatoms. The van der Waals surface area contributed by atoms with Gasteiger partial charge in [0.05, 0.1) is 11.4 Å². The monoisotopic (exact) mass is 237 g/mol. The van der Waals surface area contributed by atoms with Crippen LogP contribution in [0.2, 0.25) is 0 Å². The summed E-state index contributed by atoms with van der Waals surface area (Å²) in [6, 6.07) is 0. The molecule has 0 rings (SSSR count). The van der Waals surface area contributed by atoms with Crippen LogP contribution < -0.4 is 5.32 Å². The molecule has 96 valence electrons. The number of aliphatic carboxylic acids is 1. The summed E-state index contributed by atoms with van der Waals surface area (Å²) in [6.45, 7) is 1.66. The molecule has 0 aromatic carbocycles. The molecule has 0 radical (unpaired) electrons. The Bertz CT molecular complexity index is 188. The molecule has 0 amide bonds. The van der Waals surface area contributed by atoms with Crippen molar-refractivity contribution in [1.82, 2.24) is 5.32 Å². The van der Waals surface area contributed by atoms with Gasteiger partial charge in [-0.15, -0.1) is 14.5 Å². The number of carbonyl (C=O) groups is 1. The van der Waals surface area contributed by atoms with Crippen molar-refractivity contribution in [2.75, 3.05) is 41.0 Å². The van der Waals surface area contributed by atoms with Crippen molar-refractivity contribution in [2.24, 2.45) is 0 Å². The molecular weight excluding hydrogens is 216 g/mol. The SMILES string of the molecule is CO[N+](CCCNCCC(=O)O)(OC)OC. The zero-order valence-corrected chi connectivity index (χ0v) is 10.1. The van der Waals surface area contributed by atoms with Gasteiger partial charge in [-0.2, -0.15) is 0 Å². The van der Waals surface area contributed by atoms with E-state index in [0.717, 1.165) is 6.42 Å². The second kappa shape index (κ2) is 8.43. The molecule has 0 aliphatic rings. The number of hydrogen-bond acceptors (Lipinski definition) is 5. The number of carboxylic acid groups (broad SMARTS) is 1. The molecule has 0 bridgehead atoms. The Labute approximate surface area is 95.3 Å². The molecule has 0 atom stereocenters. The van der Waals surface area contributed by atoms with Gasteiger partial charge in [-0.1, -0.05) is 0 Å². The topological polar surface area (TPSA) is 77.0 Å². The fourth-order valence-corrected chi connectivity index (χ4v) is 1.22. The maximum Gasteiger partial charge on any atom is 0.304 e. The van der Waals surface area contributed by atoms with E-state index in [4.69, 9.17) is 19.6 Å². The molecule has 0 spiro atoms. The number of quaternary nitrogens is 1. The van der Waals surface area contributed by atoms with Crippen LogP contribution in [-0.4, -0.2) is 57.0 Å². The van der Waals surface area contributed by atoms with Crippen molar-refractivity contribution >= 4 is 5.97 Å². The van der Waals surface area contributed by atoms with E-state index < -0.39 is 5.97 Å². The van der Waals surface area contributed by atoms with Crippen LogP contribution in [0.4, 0.5) is 0 Å². The first-order valence-electron chi connectivity index (χ1n) is 5.08.